The van der Waals surface area contributed by atoms with Crippen molar-refractivity contribution in [2.45, 2.75) is 0 Å². The van der Waals surface area contributed by atoms with Gasteiger partial charge < -0.3 is 0 Å². The highest BCUT2D eigenvalue weighted by Gasteiger charge is 2.20. The molecule has 0 unspecified atom stereocenters. The second kappa shape index (κ2) is 5.34. The molecule has 2 aromatic carbocycles. The Kier molecular flexibility index (Phi) is 3.56. The summed E-state index contributed by atoms with van der Waals surface area (Å²) in [5, 5.41) is 1.50. The number of para-hydroxylation sites is 2. The SMILES string of the molecule is Clc1ccccc1-[n+]1cc[n+](-c2ccccc2Cl)[pH]1. The number of nitrogens with zero attached hydrogens (tertiary/aromatic N) is 2. The second-order valence-electron chi connectivity index (χ2n) is 4.04. The molecule has 0 amide bonds. The van der Waals surface area contributed by atoms with Gasteiger partial charge in [0.15, 0.2) is 0 Å². The van der Waals surface area contributed by atoms with Crippen molar-refractivity contribution < 1.29 is 8.66 Å². The maximum atomic E-state index is 6.21. The van der Waals surface area contributed by atoms with Gasteiger partial charge in [0, 0.05) is 12.1 Å². The number of hydrogen-bond donors (Lipinski definition) is 0. The monoisotopic (exact) mass is 308 g/mol. The average Bonchev–Trinajstić information content (AvgIpc) is 2.89. The lowest BCUT2D eigenvalue weighted by atomic mass is 10.3. The summed E-state index contributed by atoms with van der Waals surface area (Å²) in [6, 6.07) is 15.6. The third-order valence-corrected chi connectivity index (χ3v) is 4.65. The molecule has 0 fully saturated rings. The van der Waals surface area contributed by atoms with Crippen molar-refractivity contribution >= 4 is 31.7 Å². The first-order chi connectivity index (χ1) is 9.25. The lowest BCUT2D eigenvalue weighted by Crippen LogP contribution is -2.28. The smallest absolute Gasteiger partial charge is 0.101 e. The molecule has 0 radical (unpaired) electrons. The van der Waals surface area contributed by atoms with Crippen LogP contribution in [-0.4, -0.2) is 0 Å². The van der Waals surface area contributed by atoms with Gasteiger partial charge in [-0.25, -0.2) is 0 Å². The van der Waals surface area contributed by atoms with Gasteiger partial charge in [0.2, 0.25) is 23.8 Å². The van der Waals surface area contributed by atoms with E-state index >= 15 is 0 Å². The van der Waals surface area contributed by atoms with Crippen molar-refractivity contribution in [1.29, 1.82) is 0 Å². The lowest BCUT2D eigenvalue weighted by Gasteiger charge is -1.93. The average molecular weight is 309 g/mol. The fourth-order valence-corrected chi connectivity index (χ4v) is 3.58. The molecular weight excluding hydrogens is 298 g/mol. The van der Waals surface area contributed by atoms with E-state index in [1.807, 2.05) is 60.9 Å². The molecule has 0 spiro atoms. The molecule has 5 heteroatoms. The van der Waals surface area contributed by atoms with E-state index < -0.39 is 0 Å². The quantitative estimate of drug-likeness (QED) is 0.683. The Morgan fingerprint density at radius 1 is 0.684 bits per heavy atom. The van der Waals surface area contributed by atoms with Crippen LogP contribution >= 0.6 is 31.7 Å². The standard InChI is InChI=1S/C14H11Cl2N2P/c15-11-5-1-3-7-13(11)17-9-10-18(19-17)14-8-4-2-6-12(14)16/h1-10,19H/q+2. The van der Waals surface area contributed by atoms with Crippen LogP contribution in [0.5, 0.6) is 0 Å². The van der Waals surface area contributed by atoms with E-state index in [4.69, 9.17) is 23.2 Å². The largest absolute Gasteiger partial charge is 0.399 e. The zero-order valence-corrected chi connectivity index (χ0v) is 12.4. The van der Waals surface area contributed by atoms with Gasteiger partial charge in [0.05, 0.1) is 0 Å². The highest BCUT2D eigenvalue weighted by atomic mass is 35.5. The number of rotatable bonds is 2. The Balaban J connectivity index is 2.06. The maximum Gasteiger partial charge on any atom is 0.399 e. The summed E-state index contributed by atoms with van der Waals surface area (Å²) in [6.07, 6.45) is 4.03. The van der Waals surface area contributed by atoms with Gasteiger partial charge in [0.1, 0.15) is 10.0 Å². The first-order valence-corrected chi connectivity index (χ1v) is 7.43. The third kappa shape index (κ3) is 2.52. The van der Waals surface area contributed by atoms with Gasteiger partial charge in [-0.3, -0.25) is 0 Å². The van der Waals surface area contributed by atoms with Gasteiger partial charge in [0.25, 0.3) is 0 Å². The molecule has 1 heterocycles. The van der Waals surface area contributed by atoms with E-state index in [1.54, 1.807) is 0 Å². The summed E-state index contributed by atoms with van der Waals surface area (Å²) < 4.78 is 4.23. The molecule has 0 atom stereocenters. The minimum absolute atomic E-state index is 0.425. The van der Waals surface area contributed by atoms with E-state index in [1.165, 1.54) is 0 Å². The topological polar surface area (TPSA) is 7.76 Å². The summed E-state index contributed by atoms with van der Waals surface area (Å²) >= 11 is 12.4. The van der Waals surface area contributed by atoms with E-state index in [0.717, 1.165) is 21.4 Å². The van der Waals surface area contributed by atoms with E-state index in [9.17, 15) is 0 Å². The fraction of sp³-hybridized carbons (Fsp3) is 0. The molecule has 94 valence electrons. The van der Waals surface area contributed by atoms with Crippen LogP contribution in [-0.2, 0) is 0 Å². The van der Waals surface area contributed by atoms with Gasteiger partial charge in [-0.1, -0.05) is 47.5 Å². The van der Waals surface area contributed by atoms with E-state index in [2.05, 4.69) is 8.66 Å². The molecule has 2 nitrogen and oxygen atoms in total. The van der Waals surface area contributed by atoms with Gasteiger partial charge in [-0.2, -0.15) is 0 Å². The number of hydrogen-bond acceptors (Lipinski definition) is 0. The highest BCUT2D eigenvalue weighted by Crippen LogP contribution is 2.18. The Morgan fingerprint density at radius 3 is 1.53 bits per heavy atom. The molecule has 0 N–H and O–H groups in total. The van der Waals surface area contributed by atoms with Gasteiger partial charge in [-0.05, 0) is 12.1 Å². The van der Waals surface area contributed by atoms with Crippen molar-refractivity contribution in [3.05, 3.63) is 71.0 Å². The van der Waals surface area contributed by atoms with Gasteiger partial charge >= 0.3 is 8.51 Å². The predicted molar refractivity (Wildman–Crippen MR) is 79.0 cm³/mol. The predicted octanol–water partition coefficient (Wildman–Crippen LogP) is 3.58. The number of halogens is 2. The fourth-order valence-electron chi connectivity index (χ4n) is 1.88. The summed E-state index contributed by atoms with van der Waals surface area (Å²) in [5.41, 5.74) is 2.02. The molecule has 0 aliphatic heterocycles. The second-order valence-corrected chi connectivity index (χ2v) is 6.02. The minimum Gasteiger partial charge on any atom is -0.101 e. The molecule has 3 aromatic rings. The molecular formula is C14H11Cl2N2P+2. The van der Waals surface area contributed by atoms with Crippen molar-refractivity contribution in [3.63, 3.8) is 0 Å². The molecule has 0 aliphatic rings. The van der Waals surface area contributed by atoms with Crippen LogP contribution in [0, 0.1) is 0 Å². The van der Waals surface area contributed by atoms with Crippen molar-refractivity contribution in [2.75, 3.05) is 0 Å². The van der Waals surface area contributed by atoms with E-state index in [0.29, 0.717) is 8.51 Å². The van der Waals surface area contributed by atoms with Crippen LogP contribution in [0.4, 0.5) is 0 Å². The summed E-state index contributed by atoms with van der Waals surface area (Å²) in [7, 11) is 0.425. The number of aromatic nitrogens is 2. The summed E-state index contributed by atoms with van der Waals surface area (Å²) in [4.78, 5) is 0. The van der Waals surface area contributed by atoms with Crippen molar-refractivity contribution in [1.82, 2.24) is 0 Å². The van der Waals surface area contributed by atoms with Crippen LogP contribution in [0.3, 0.4) is 0 Å². The van der Waals surface area contributed by atoms with Crippen LogP contribution in [0.15, 0.2) is 60.9 Å². The van der Waals surface area contributed by atoms with Crippen molar-refractivity contribution in [2.24, 2.45) is 0 Å². The molecule has 3 rings (SSSR count). The first-order valence-electron chi connectivity index (χ1n) is 5.78. The van der Waals surface area contributed by atoms with Crippen LogP contribution in [0.25, 0.3) is 11.4 Å². The molecule has 0 aliphatic carbocycles. The van der Waals surface area contributed by atoms with Crippen LogP contribution in [0.2, 0.25) is 10.0 Å². The molecule has 0 saturated carbocycles. The third-order valence-electron chi connectivity index (χ3n) is 2.80. The Bertz CT molecular complexity index is 665. The highest BCUT2D eigenvalue weighted by molar-refractivity contribution is 7.12. The first kappa shape index (κ1) is 12.7. The number of benzene rings is 2. The zero-order chi connectivity index (χ0) is 13.2. The zero-order valence-electron chi connectivity index (χ0n) is 9.92. The minimum atomic E-state index is 0.425. The molecule has 0 saturated heterocycles. The van der Waals surface area contributed by atoms with Crippen LogP contribution in [0.1, 0.15) is 0 Å². The Morgan fingerprint density at radius 2 is 1.11 bits per heavy atom. The summed E-state index contributed by atoms with van der Waals surface area (Å²) in [6.45, 7) is 0. The Hall–Kier alpha value is -1.34. The molecule has 0 bridgehead atoms. The summed E-state index contributed by atoms with van der Waals surface area (Å²) in [5.74, 6) is 0. The normalized spacial score (nSPS) is 10.6. The van der Waals surface area contributed by atoms with E-state index in [-0.39, 0.29) is 0 Å². The lowest BCUT2D eigenvalue weighted by molar-refractivity contribution is -0.562. The van der Waals surface area contributed by atoms with Crippen molar-refractivity contribution in [3.8, 4) is 11.4 Å². The molecule has 19 heavy (non-hydrogen) atoms. The maximum absolute atomic E-state index is 6.21. The Labute approximate surface area is 123 Å². The molecule has 1 aromatic heterocycles. The van der Waals surface area contributed by atoms with Crippen LogP contribution < -0.4 is 8.66 Å². The van der Waals surface area contributed by atoms with Gasteiger partial charge in [-0.15, -0.1) is 8.66 Å².